The first kappa shape index (κ1) is 23.9. The molecular weight excluding hydrogens is 572 g/mol. The minimum atomic E-state index is -0.180. The first-order chi connectivity index (χ1) is 19.1. The van der Waals surface area contributed by atoms with Gasteiger partial charge in [0.05, 0.1) is 28.8 Å². The number of hydrogen-bond acceptors (Lipinski definition) is 5. The highest BCUT2D eigenvalue weighted by atomic mass is 79.9. The number of nitrogens with zero attached hydrogens (tertiary/aromatic N) is 5. The molecule has 0 fully saturated rings. The number of anilines is 2. The molecule has 1 atom stereocenters. The van der Waals surface area contributed by atoms with Gasteiger partial charge >= 0.3 is 0 Å². The highest BCUT2D eigenvalue weighted by Gasteiger charge is 2.41. The molecule has 0 radical (unpaired) electrons. The SMILES string of the molecule is Cc1nn(-c2ccccc2)c2c1[C@H](c1cccc(Br)c1)N1C(=N2)C(Nc2ccc(Cl)cc2)=Nc2ccccc21. The zero-order valence-electron chi connectivity index (χ0n) is 20.9. The largest absolute Gasteiger partial charge is 0.337 e. The molecule has 4 aromatic carbocycles. The van der Waals surface area contributed by atoms with Crippen LogP contribution in [0.3, 0.4) is 0 Å². The summed E-state index contributed by atoms with van der Waals surface area (Å²) in [4.78, 5) is 12.6. The molecular formula is C31H22BrClN6. The summed E-state index contributed by atoms with van der Waals surface area (Å²) in [6, 6.07) is 34.1. The number of amidine groups is 2. The summed E-state index contributed by atoms with van der Waals surface area (Å²) in [6.07, 6.45) is 0. The lowest BCUT2D eigenvalue weighted by molar-refractivity contribution is 0.815. The zero-order valence-corrected chi connectivity index (χ0v) is 23.2. The van der Waals surface area contributed by atoms with Crippen molar-refractivity contribution in [2.75, 3.05) is 10.2 Å². The molecule has 5 aromatic rings. The van der Waals surface area contributed by atoms with Crippen LogP contribution >= 0.6 is 27.5 Å². The van der Waals surface area contributed by atoms with E-state index in [2.05, 4.69) is 57.3 Å². The van der Waals surface area contributed by atoms with Gasteiger partial charge in [-0.25, -0.2) is 14.7 Å². The fourth-order valence-electron chi connectivity index (χ4n) is 5.21. The molecule has 2 aliphatic rings. The minimum absolute atomic E-state index is 0.180. The van der Waals surface area contributed by atoms with E-state index in [1.807, 2.05) is 83.5 Å². The number of para-hydroxylation sites is 3. The standard InChI is InChI=1S/C31H22BrClN6/c1-19-27-28(20-8-7-9-21(32)18-20)38-26-13-6-5-12-25(26)35-29(34-23-16-14-22(33)15-17-23)31(38)36-30(27)39(37-19)24-10-3-2-4-11-24/h2-18,28H,1H3,(H,34,35)/t28-/m0/s1. The Hall–Kier alpha value is -4.20. The van der Waals surface area contributed by atoms with Crippen molar-refractivity contribution in [3.63, 3.8) is 0 Å². The molecule has 0 bridgehead atoms. The summed E-state index contributed by atoms with van der Waals surface area (Å²) >= 11 is 9.86. The Bertz CT molecular complexity index is 1780. The maximum Gasteiger partial charge on any atom is 0.179 e. The number of nitrogens with one attached hydrogen (secondary N) is 1. The number of hydrogen-bond donors (Lipinski definition) is 1. The number of benzene rings is 4. The van der Waals surface area contributed by atoms with Gasteiger partial charge in [0, 0.05) is 20.7 Å². The fourth-order valence-corrected chi connectivity index (χ4v) is 5.75. The molecule has 0 amide bonds. The van der Waals surface area contributed by atoms with E-state index in [1.54, 1.807) is 0 Å². The molecule has 6 nitrogen and oxygen atoms in total. The number of aliphatic imine (C=N–C) groups is 2. The maximum absolute atomic E-state index is 6.16. The molecule has 1 aromatic heterocycles. The van der Waals surface area contributed by atoms with Crippen LogP contribution in [0.4, 0.5) is 22.9 Å². The number of aryl methyl sites for hydroxylation is 1. The Morgan fingerprint density at radius 3 is 2.41 bits per heavy atom. The van der Waals surface area contributed by atoms with Crippen molar-refractivity contribution in [3.05, 3.63) is 129 Å². The second-order valence-electron chi connectivity index (χ2n) is 9.41. The van der Waals surface area contributed by atoms with Gasteiger partial charge in [0.15, 0.2) is 17.5 Å². The maximum atomic E-state index is 6.16. The van der Waals surface area contributed by atoms with Crippen LogP contribution in [-0.4, -0.2) is 21.5 Å². The van der Waals surface area contributed by atoms with E-state index >= 15 is 0 Å². The Morgan fingerprint density at radius 2 is 1.62 bits per heavy atom. The molecule has 0 saturated carbocycles. The van der Waals surface area contributed by atoms with Gasteiger partial charge in [-0.15, -0.1) is 0 Å². The normalized spacial score (nSPS) is 15.6. The Kier molecular flexibility index (Phi) is 5.83. The highest BCUT2D eigenvalue weighted by molar-refractivity contribution is 9.10. The fraction of sp³-hybridized carbons (Fsp3) is 0.0645. The first-order valence-electron chi connectivity index (χ1n) is 12.6. The van der Waals surface area contributed by atoms with Gasteiger partial charge in [-0.2, -0.15) is 5.10 Å². The van der Waals surface area contributed by atoms with Crippen LogP contribution in [0, 0.1) is 6.92 Å². The van der Waals surface area contributed by atoms with Crippen LogP contribution in [0.1, 0.15) is 22.9 Å². The third-order valence-corrected chi connectivity index (χ3v) is 7.66. The molecule has 0 unspecified atom stereocenters. The lowest BCUT2D eigenvalue weighted by Gasteiger charge is -2.40. The number of fused-ring (bicyclic) bond motifs is 4. The van der Waals surface area contributed by atoms with Gasteiger partial charge in [0.25, 0.3) is 0 Å². The molecule has 0 aliphatic carbocycles. The second kappa shape index (κ2) is 9.52. The van der Waals surface area contributed by atoms with E-state index in [1.165, 1.54) is 0 Å². The smallest absolute Gasteiger partial charge is 0.179 e. The van der Waals surface area contributed by atoms with Crippen molar-refractivity contribution in [1.29, 1.82) is 0 Å². The molecule has 0 spiro atoms. The van der Waals surface area contributed by atoms with Crippen LogP contribution in [0.15, 0.2) is 118 Å². The van der Waals surface area contributed by atoms with Crippen LogP contribution < -0.4 is 10.2 Å². The Labute approximate surface area is 239 Å². The summed E-state index contributed by atoms with van der Waals surface area (Å²) in [5.41, 5.74) is 6.78. The predicted octanol–water partition coefficient (Wildman–Crippen LogP) is 8.39. The van der Waals surface area contributed by atoms with Gasteiger partial charge in [-0.3, -0.25) is 0 Å². The minimum Gasteiger partial charge on any atom is -0.337 e. The third kappa shape index (κ3) is 4.15. The molecule has 7 rings (SSSR count). The van der Waals surface area contributed by atoms with Crippen molar-refractivity contribution >= 4 is 62.1 Å². The summed E-state index contributed by atoms with van der Waals surface area (Å²) in [7, 11) is 0. The highest BCUT2D eigenvalue weighted by Crippen LogP contribution is 2.48. The van der Waals surface area contributed by atoms with E-state index in [-0.39, 0.29) is 6.04 Å². The molecule has 2 aliphatic heterocycles. The van der Waals surface area contributed by atoms with E-state index in [0.29, 0.717) is 10.9 Å². The summed E-state index contributed by atoms with van der Waals surface area (Å²) in [6.45, 7) is 2.06. The van der Waals surface area contributed by atoms with Crippen LogP contribution in [0.2, 0.25) is 5.02 Å². The van der Waals surface area contributed by atoms with E-state index in [0.717, 1.165) is 55.7 Å². The molecule has 190 valence electrons. The summed E-state index contributed by atoms with van der Waals surface area (Å²) in [5, 5.41) is 9.17. The van der Waals surface area contributed by atoms with E-state index in [4.69, 9.17) is 26.7 Å². The topological polar surface area (TPSA) is 57.8 Å². The lowest BCUT2D eigenvalue weighted by atomic mass is 9.93. The quantitative estimate of drug-likeness (QED) is 0.229. The Morgan fingerprint density at radius 1 is 0.846 bits per heavy atom. The lowest BCUT2D eigenvalue weighted by Crippen LogP contribution is -2.46. The average Bonchev–Trinajstić information content (AvgIpc) is 3.29. The predicted molar refractivity (Wildman–Crippen MR) is 162 cm³/mol. The third-order valence-electron chi connectivity index (χ3n) is 6.91. The van der Waals surface area contributed by atoms with Crippen molar-refractivity contribution < 1.29 is 0 Å². The van der Waals surface area contributed by atoms with Crippen LogP contribution in [0.25, 0.3) is 5.69 Å². The molecule has 8 heteroatoms. The first-order valence-corrected chi connectivity index (χ1v) is 13.7. The van der Waals surface area contributed by atoms with E-state index < -0.39 is 0 Å². The van der Waals surface area contributed by atoms with Crippen molar-refractivity contribution in [2.45, 2.75) is 13.0 Å². The van der Waals surface area contributed by atoms with Crippen molar-refractivity contribution in [3.8, 4) is 5.69 Å². The van der Waals surface area contributed by atoms with E-state index in [9.17, 15) is 0 Å². The van der Waals surface area contributed by atoms with Crippen LogP contribution in [0.5, 0.6) is 0 Å². The van der Waals surface area contributed by atoms with Gasteiger partial charge in [-0.05, 0) is 73.2 Å². The molecule has 3 heterocycles. The van der Waals surface area contributed by atoms with Crippen molar-refractivity contribution in [2.24, 2.45) is 9.98 Å². The average molecular weight is 594 g/mol. The van der Waals surface area contributed by atoms with Gasteiger partial charge in [-0.1, -0.05) is 70.0 Å². The van der Waals surface area contributed by atoms with Gasteiger partial charge in [0.2, 0.25) is 0 Å². The number of aromatic nitrogens is 2. The summed E-state index contributed by atoms with van der Waals surface area (Å²) < 4.78 is 2.94. The Balaban J connectivity index is 1.50. The van der Waals surface area contributed by atoms with Crippen molar-refractivity contribution in [1.82, 2.24) is 9.78 Å². The molecule has 1 N–H and O–H groups in total. The zero-order chi connectivity index (χ0) is 26.5. The van der Waals surface area contributed by atoms with Gasteiger partial charge in [0.1, 0.15) is 0 Å². The number of rotatable bonds is 3. The monoisotopic (exact) mass is 592 g/mol. The molecule has 39 heavy (non-hydrogen) atoms. The molecule has 0 saturated heterocycles. The second-order valence-corrected chi connectivity index (χ2v) is 10.8. The van der Waals surface area contributed by atoms with Crippen LogP contribution in [-0.2, 0) is 0 Å². The number of halogens is 2. The van der Waals surface area contributed by atoms with Gasteiger partial charge < -0.3 is 10.2 Å². The summed E-state index contributed by atoms with van der Waals surface area (Å²) in [5.74, 6) is 2.17.